The molecule has 3 N–H and O–H groups in total. The Hall–Kier alpha value is -3.05. The lowest BCUT2D eigenvalue weighted by Crippen LogP contribution is -2.27. The summed E-state index contributed by atoms with van der Waals surface area (Å²) in [4.78, 5) is 16.6. The molecule has 3 rings (SSSR count). The fourth-order valence-electron chi connectivity index (χ4n) is 3.00. The third kappa shape index (κ3) is 6.24. The quantitative estimate of drug-likeness (QED) is 0.304. The molecule has 1 aromatic carbocycles. The zero-order valence-corrected chi connectivity index (χ0v) is 19.7. The number of allylic oxidation sites excluding steroid dienone is 1. The van der Waals surface area contributed by atoms with Gasteiger partial charge in [-0.25, -0.2) is 4.98 Å². The lowest BCUT2D eigenvalue weighted by Gasteiger charge is -2.10. The van der Waals surface area contributed by atoms with E-state index in [9.17, 15) is 4.79 Å². The summed E-state index contributed by atoms with van der Waals surface area (Å²) >= 11 is 2.73. The Morgan fingerprint density at radius 1 is 1.31 bits per heavy atom. The van der Waals surface area contributed by atoms with Gasteiger partial charge >= 0.3 is 0 Å². The predicted octanol–water partition coefficient (Wildman–Crippen LogP) is 2.56. The van der Waals surface area contributed by atoms with Crippen LogP contribution in [0.15, 0.2) is 41.4 Å². The summed E-state index contributed by atoms with van der Waals surface area (Å²) in [6, 6.07) is 5.72. The van der Waals surface area contributed by atoms with Crippen molar-refractivity contribution >= 4 is 34.1 Å². The molecule has 32 heavy (non-hydrogen) atoms. The fraction of sp³-hybridized carbons (Fsp3) is 0.333. The lowest BCUT2D eigenvalue weighted by molar-refractivity contribution is -0.118. The molecule has 2 aromatic heterocycles. The Bertz CT molecular complexity index is 1070. The van der Waals surface area contributed by atoms with Gasteiger partial charge in [0.05, 0.1) is 32.1 Å². The molecule has 0 unspecified atom stereocenters. The highest BCUT2D eigenvalue weighted by Crippen LogP contribution is 2.27. The molecule has 0 aliphatic heterocycles. The SMILES string of the molecule is C=CCn1c(Cc2csc(N)n2)nnc1SCC(=O)NCCc1ccc(OC)c(OC)c1. The van der Waals surface area contributed by atoms with Crippen molar-refractivity contribution in [3.8, 4) is 11.5 Å². The van der Waals surface area contributed by atoms with Gasteiger partial charge in [0, 0.05) is 18.5 Å². The third-order valence-corrected chi connectivity index (χ3v) is 6.22. The van der Waals surface area contributed by atoms with Gasteiger partial charge in [-0.3, -0.25) is 4.79 Å². The summed E-state index contributed by atoms with van der Waals surface area (Å²) in [7, 11) is 3.20. The van der Waals surface area contributed by atoms with E-state index in [1.807, 2.05) is 28.1 Å². The molecule has 0 bridgehead atoms. The van der Waals surface area contributed by atoms with Gasteiger partial charge in [-0.05, 0) is 24.1 Å². The van der Waals surface area contributed by atoms with E-state index in [4.69, 9.17) is 15.2 Å². The third-order valence-electron chi connectivity index (χ3n) is 4.53. The van der Waals surface area contributed by atoms with Gasteiger partial charge in [0.1, 0.15) is 5.82 Å². The maximum Gasteiger partial charge on any atom is 0.230 e. The molecule has 0 aliphatic carbocycles. The van der Waals surface area contributed by atoms with Crippen LogP contribution in [0.1, 0.15) is 17.1 Å². The van der Waals surface area contributed by atoms with E-state index >= 15 is 0 Å². The number of rotatable bonds is 12. The second-order valence-corrected chi connectivity index (χ2v) is 8.56. The van der Waals surface area contributed by atoms with Gasteiger partial charge in [-0.2, -0.15) is 0 Å². The number of nitrogen functional groups attached to an aromatic ring is 1. The second kappa shape index (κ2) is 11.5. The van der Waals surface area contributed by atoms with Crippen LogP contribution >= 0.6 is 23.1 Å². The standard InChI is InChI=1S/C21H26N6O3S2/c1-4-9-27-18(11-15-12-31-20(22)24-15)25-26-21(27)32-13-19(28)23-8-7-14-5-6-16(29-2)17(10-14)30-3/h4-6,10,12H,1,7-9,11,13H2,2-3H3,(H2,22,24)(H,23,28). The van der Waals surface area contributed by atoms with Crippen LogP contribution in [0, 0.1) is 0 Å². The molecule has 0 atom stereocenters. The zero-order chi connectivity index (χ0) is 22.9. The van der Waals surface area contributed by atoms with Crippen LogP contribution in [-0.4, -0.2) is 52.2 Å². The molecule has 0 saturated heterocycles. The largest absolute Gasteiger partial charge is 0.493 e. The number of ether oxygens (including phenoxy) is 2. The molecular formula is C21H26N6O3S2. The van der Waals surface area contributed by atoms with Gasteiger partial charge in [-0.15, -0.1) is 28.1 Å². The monoisotopic (exact) mass is 474 g/mol. The van der Waals surface area contributed by atoms with E-state index in [0.717, 1.165) is 17.1 Å². The summed E-state index contributed by atoms with van der Waals surface area (Å²) < 4.78 is 12.5. The minimum Gasteiger partial charge on any atom is -0.493 e. The van der Waals surface area contributed by atoms with E-state index in [0.29, 0.717) is 47.7 Å². The molecule has 9 nitrogen and oxygen atoms in total. The fourth-order valence-corrected chi connectivity index (χ4v) is 4.36. The van der Waals surface area contributed by atoms with Crippen molar-refractivity contribution in [3.63, 3.8) is 0 Å². The minimum atomic E-state index is -0.0718. The van der Waals surface area contributed by atoms with Gasteiger partial charge in [-0.1, -0.05) is 23.9 Å². The van der Waals surface area contributed by atoms with Crippen LogP contribution in [0.5, 0.6) is 11.5 Å². The van der Waals surface area contributed by atoms with Crippen LogP contribution < -0.4 is 20.5 Å². The average Bonchev–Trinajstić information content (AvgIpc) is 3.38. The highest BCUT2D eigenvalue weighted by Gasteiger charge is 2.15. The van der Waals surface area contributed by atoms with Gasteiger partial charge in [0.25, 0.3) is 0 Å². The molecule has 3 aromatic rings. The molecular weight excluding hydrogens is 448 g/mol. The Balaban J connectivity index is 1.51. The number of nitrogens with zero attached hydrogens (tertiary/aromatic N) is 4. The van der Waals surface area contributed by atoms with Crippen LogP contribution in [0.2, 0.25) is 0 Å². The van der Waals surface area contributed by atoms with Crippen molar-refractivity contribution in [2.45, 2.75) is 24.5 Å². The van der Waals surface area contributed by atoms with Crippen molar-refractivity contribution in [2.75, 3.05) is 32.3 Å². The number of benzene rings is 1. The molecule has 0 saturated carbocycles. The Morgan fingerprint density at radius 3 is 2.81 bits per heavy atom. The summed E-state index contributed by atoms with van der Waals surface area (Å²) in [5, 5.41) is 14.5. The van der Waals surface area contributed by atoms with E-state index in [-0.39, 0.29) is 11.7 Å². The number of thioether (sulfide) groups is 1. The normalized spacial score (nSPS) is 10.7. The van der Waals surface area contributed by atoms with E-state index in [1.165, 1.54) is 23.1 Å². The maximum absolute atomic E-state index is 12.3. The average molecular weight is 475 g/mol. The maximum atomic E-state index is 12.3. The summed E-state index contributed by atoms with van der Waals surface area (Å²) in [5.74, 6) is 2.27. The Morgan fingerprint density at radius 2 is 2.12 bits per heavy atom. The van der Waals surface area contributed by atoms with Crippen molar-refractivity contribution in [3.05, 3.63) is 53.3 Å². The highest BCUT2D eigenvalue weighted by molar-refractivity contribution is 7.99. The summed E-state index contributed by atoms with van der Waals surface area (Å²) in [6.45, 7) is 4.87. The number of nitrogens with one attached hydrogen (secondary N) is 1. The molecule has 1 amide bonds. The first-order valence-electron chi connectivity index (χ1n) is 9.87. The number of thiazole rings is 1. The number of aromatic nitrogens is 4. The smallest absolute Gasteiger partial charge is 0.230 e. The van der Waals surface area contributed by atoms with E-state index < -0.39 is 0 Å². The number of hydrogen-bond acceptors (Lipinski definition) is 9. The number of hydrogen-bond donors (Lipinski definition) is 2. The molecule has 2 heterocycles. The summed E-state index contributed by atoms with van der Waals surface area (Å²) in [5.41, 5.74) is 7.60. The molecule has 0 spiro atoms. The molecule has 0 fully saturated rings. The van der Waals surface area contributed by atoms with Crippen LogP contribution in [0.25, 0.3) is 0 Å². The number of nitrogens with two attached hydrogens (primary N) is 1. The number of methoxy groups -OCH3 is 2. The number of carbonyl (C=O) groups excluding carboxylic acids is 1. The minimum absolute atomic E-state index is 0.0718. The van der Waals surface area contributed by atoms with Crippen LogP contribution in [0.3, 0.4) is 0 Å². The molecule has 11 heteroatoms. The van der Waals surface area contributed by atoms with Gasteiger partial charge in [0.15, 0.2) is 21.8 Å². The van der Waals surface area contributed by atoms with Crippen molar-refractivity contribution < 1.29 is 14.3 Å². The topological polar surface area (TPSA) is 117 Å². The van der Waals surface area contributed by atoms with Crippen LogP contribution in [0.4, 0.5) is 5.13 Å². The predicted molar refractivity (Wildman–Crippen MR) is 127 cm³/mol. The van der Waals surface area contributed by atoms with Gasteiger partial charge < -0.3 is 25.1 Å². The van der Waals surface area contributed by atoms with Crippen molar-refractivity contribution in [1.82, 2.24) is 25.1 Å². The molecule has 0 aliphatic rings. The van der Waals surface area contributed by atoms with Crippen molar-refractivity contribution in [2.24, 2.45) is 0 Å². The Kier molecular flexibility index (Phi) is 8.51. The summed E-state index contributed by atoms with van der Waals surface area (Å²) in [6.07, 6.45) is 2.98. The number of amides is 1. The Labute approximate surface area is 195 Å². The molecule has 170 valence electrons. The zero-order valence-electron chi connectivity index (χ0n) is 18.0. The first-order chi connectivity index (χ1) is 15.5. The van der Waals surface area contributed by atoms with E-state index in [1.54, 1.807) is 20.3 Å². The highest BCUT2D eigenvalue weighted by atomic mass is 32.2. The number of carbonyl (C=O) groups is 1. The van der Waals surface area contributed by atoms with Crippen molar-refractivity contribution in [1.29, 1.82) is 0 Å². The lowest BCUT2D eigenvalue weighted by atomic mass is 10.1. The van der Waals surface area contributed by atoms with Gasteiger partial charge in [0.2, 0.25) is 5.91 Å². The second-order valence-electron chi connectivity index (χ2n) is 6.73. The van der Waals surface area contributed by atoms with Crippen LogP contribution in [-0.2, 0) is 24.2 Å². The number of anilines is 1. The molecule has 0 radical (unpaired) electrons. The van der Waals surface area contributed by atoms with E-state index in [2.05, 4.69) is 27.1 Å². The first kappa shape index (κ1) is 23.6. The first-order valence-corrected chi connectivity index (χ1v) is 11.7.